The first kappa shape index (κ1) is 14.8. The van der Waals surface area contributed by atoms with E-state index in [2.05, 4.69) is 52.0 Å². The van der Waals surface area contributed by atoms with Crippen LogP contribution in [0, 0.1) is 11.3 Å². The van der Waals surface area contributed by atoms with Gasteiger partial charge in [-0.3, -0.25) is 0 Å². The van der Waals surface area contributed by atoms with Gasteiger partial charge in [0.1, 0.15) is 0 Å². The molecule has 0 aliphatic rings. The Bertz CT molecular complexity index is 398. The number of allylic oxidation sites excluding steroid dienone is 2. The van der Waals surface area contributed by atoms with E-state index in [1.807, 2.05) is 6.92 Å². The fourth-order valence-electron chi connectivity index (χ4n) is 2.22. The van der Waals surface area contributed by atoms with Crippen LogP contribution < -0.4 is 0 Å². The zero-order valence-corrected chi connectivity index (χ0v) is 12.3. The van der Waals surface area contributed by atoms with Crippen LogP contribution in [0.25, 0.3) is 0 Å². The summed E-state index contributed by atoms with van der Waals surface area (Å²) in [5.74, 6) is 0.665. The first-order valence-electron chi connectivity index (χ1n) is 6.83. The Morgan fingerprint density at radius 3 is 2.17 bits per heavy atom. The second kappa shape index (κ2) is 6.08. The van der Waals surface area contributed by atoms with Crippen LogP contribution in [-0.2, 0) is 12.8 Å². The lowest BCUT2D eigenvalue weighted by Gasteiger charge is -2.31. The van der Waals surface area contributed by atoms with Crippen molar-refractivity contribution in [3.8, 4) is 0 Å². The minimum Gasteiger partial charge on any atom is -0.512 e. The molecule has 0 radical (unpaired) electrons. The number of hydrogen-bond donors (Lipinski definition) is 1. The summed E-state index contributed by atoms with van der Waals surface area (Å²) in [7, 11) is 0. The van der Waals surface area contributed by atoms with Gasteiger partial charge in [-0.25, -0.2) is 0 Å². The molecule has 0 bridgehead atoms. The lowest BCUT2D eigenvalue weighted by atomic mass is 9.74. The maximum atomic E-state index is 9.88. The highest BCUT2D eigenvalue weighted by Crippen LogP contribution is 2.34. The Labute approximate surface area is 112 Å². The number of aryl methyl sites for hydroxylation is 1. The van der Waals surface area contributed by atoms with Gasteiger partial charge < -0.3 is 5.11 Å². The number of aliphatic hydroxyl groups is 1. The monoisotopic (exact) mass is 246 g/mol. The van der Waals surface area contributed by atoms with Crippen LogP contribution in [0.4, 0.5) is 0 Å². The van der Waals surface area contributed by atoms with E-state index in [1.54, 1.807) is 6.08 Å². The molecule has 1 atom stereocenters. The third-order valence-corrected chi connectivity index (χ3v) is 4.00. The van der Waals surface area contributed by atoms with Crippen molar-refractivity contribution in [3.05, 3.63) is 47.2 Å². The third-order valence-electron chi connectivity index (χ3n) is 4.00. The molecule has 0 spiro atoms. The summed E-state index contributed by atoms with van der Waals surface area (Å²) in [6, 6.07) is 8.82. The van der Waals surface area contributed by atoms with E-state index < -0.39 is 0 Å². The molecule has 0 heterocycles. The summed E-state index contributed by atoms with van der Waals surface area (Å²) < 4.78 is 0. The van der Waals surface area contributed by atoms with Gasteiger partial charge in [-0.05, 0) is 42.4 Å². The lowest BCUT2D eigenvalue weighted by molar-refractivity contribution is 0.195. The molecule has 0 aliphatic carbocycles. The van der Waals surface area contributed by atoms with Crippen LogP contribution in [0.1, 0.15) is 45.7 Å². The molecule has 1 nitrogen and oxygen atoms in total. The molecule has 0 fully saturated rings. The first-order valence-corrected chi connectivity index (χ1v) is 6.83. The number of hydrogen-bond acceptors (Lipinski definition) is 1. The van der Waals surface area contributed by atoms with Gasteiger partial charge in [0.25, 0.3) is 0 Å². The maximum absolute atomic E-state index is 9.88. The molecule has 0 aromatic heterocycles. The smallest absolute Gasteiger partial charge is 0.0913 e. The van der Waals surface area contributed by atoms with Gasteiger partial charge in [-0.2, -0.15) is 0 Å². The van der Waals surface area contributed by atoms with Crippen molar-refractivity contribution in [2.75, 3.05) is 0 Å². The van der Waals surface area contributed by atoms with Crippen LogP contribution >= 0.6 is 0 Å². The van der Waals surface area contributed by atoms with Crippen LogP contribution in [0.5, 0.6) is 0 Å². The summed E-state index contributed by atoms with van der Waals surface area (Å²) in [5, 5.41) is 9.88. The molecule has 0 saturated carbocycles. The number of aliphatic hydroxyl groups excluding tert-OH is 1. The van der Waals surface area contributed by atoms with E-state index in [0.717, 1.165) is 12.8 Å². The van der Waals surface area contributed by atoms with E-state index in [1.165, 1.54) is 11.1 Å². The Kier molecular flexibility index (Phi) is 5.01. The third kappa shape index (κ3) is 3.63. The summed E-state index contributed by atoms with van der Waals surface area (Å²) in [5.41, 5.74) is 2.78. The highest BCUT2D eigenvalue weighted by atomic mass is 16.3. The van der Waals surface area contributed by atoms with Crippen molar-refractivity contribution >= 4 is 0 Å². The quantitative estimate of drug-likeness (QED) is 0.731. The van der Waals surface area contributed by atoms with Crippen molar-refractivity contribution in [2.45, 2.75) is 47.5 Å². The van der Waals surface area contributed by atoms with Crippen LogP contribution in [0.2, 0.25) is 0 Å². The lowest BCUT2D eigenvalue weighted by Crippen LogP contribution is -2.26. The number of rotatable bonds is 5. The van der Waals surface area contributed by atoms with Crippen molar-refractivity contribution in [2.24, 2.45) is 11.3 Å². The zero-order chi connectivity index (χ0) is 13.8. The van der Waals surface area contributed by atoms with Gasteiger partial charge >= 0.3 is 0 Å². The summed E-state index contributed by atoms with van der Waals surface area (Å²) in [6.45, 7) is 10.6. The molecular weight excluding hydrogens is 220 g/mol. The Balaban J connectivity index is 2.81. The van der Waals surface area contributed by atoms with E-state index in [9.17, 15) is 5.11 Å². The molecule has 1 aromatic carbocycles. The highest BCUT2D eigenvalue weighted by molar-refractivity contribution is 5.23. The van der Waals surface area contributed by atoms with Crippen LogP contribution in [0.3, 0.4) is 0 Å². The standard InChI is InChI=1S/C17H26O/c1-6-14-8-10-15(11-9-14)12-17(4,5)13(3)16(18)7-2/h7-11,13,18H,6,12H2,1-5H3/b16-7+. The van der Waals surface area contributed by atoms with E-state index in [-0.39, 0.29) is 11.3 Å². The second-order valence-electron chi connectivity index (χ2n) is 5.77. The van der Waals surface area contributed by atoms with Gasteiger partial charge in [0.2, 0.25) is 0 Å². The van der Waals surface area contributed by atoms with Gasteiger partial charge in [0.15, 0.2) is 0 Å². The summed E-state index contributed by atoms with van der Waals surface area (Å²) >= 11 is 0. The van der Waals surface area contributed by atoms with E-state index in [0.29, 0.717) is 5.76 Å². The minimum atomic E-state index is 0.0598. The molecule has 1 unspecified atom stereocenters. The molecule has 1 heteroatoms. The molecule has 1 N–H and O–H groups in total. The van der Waals surface area contributed by atoms with Crippen molar-refractivity contribution in [3.63, 3.8) is 0 Å². The van der Waals surface area contributed by atoms with Gasteiger partial charge in [0, 0.05) is 5.92 Å². The number of benzene rings is 1. The molecule has 18 heavy (non-hydrogen) atoms. The van der Waals surface area contributed by atoms with Gasteiger partial charge in [0.05, 0.1) is 5.76 Å². The minimum absolute atomic E-state index is 0.0598. The predicted molar refractivity (Wildman–Crippen MR) is 78.9 cm³/mol. The molecule has 0 aliphatic heterocycles. The maximum Gasteiger partial charge on any atom is 0.0913 e. The zero-order valence-electron chi connectivity index (χ0n) is 12.3. The Morgan fingerprint density at radius 1 is 1.22 bits per heavy atom. The van der Waals surface area contributed by atoms with Crippen molar-refractivity contribution in [1.82, 2.24) is 0 Å². The topological polar surface area (TPSA) is 20.2 Å². The molecule has 1 rings (SSSR count). The predicted octanol–water partition coefficient (Wildman–Crippen LogP) is 4.92. The normalized spacial score (nSPS) is 14.6. The van der Waals surface area contributed by atoms with E-state index >= 15 is 0 Å². The molecule has 0 amide bonds. The van der Waals surface area contributed by atoms with Gasteiger partial charge in [-0.15, -0.1) is 0 Å². The second-order valence-corrected chi connectivity index (χ2v) is 5.77. The van der Waals surface area contributed by atoms with Crippen molar-refractivity contribution < 1.29 is 5.11 Å². The van der Waals surface area contributed by atoms with Crippen LogP contribution in [-0.4, -0.2) is 5.11 Å². The van der Waals surface area contributed by atoms with Crippen LogP contribution in [0.15, 0.2) is 36.1 Å². The Morgan fingerprint density at radius 2 is 1.72 bits per heavy atom. The average molecular weight is 246 g/mol. The fourth-order valence-corrected chi connectivity index (χ4v) is 2.22. The molecule has 0 saturated heterocycles. The molecule has 1 aromatic rings. The first-order chi connectivity index (χ1) is 8.40. The Hall–Kier alpha value is -1.24. The summed E-state index contributed by atoms with van der Waals surface area (Å²) in [6.07, 6.45) is 3.86. The SMILES string of the molecule is C/C=C(/O)C(C)C(C)(C)Cc1ccc(CC)cc1. The van der Waals surface area contributed by atoms with E-state index in [4.69, 9.17) is 0 Å². The van der Waals surface area contributed by atoms with Crippen molar-refractivity contribution in [1.29, 1.82) is 0 Å². The fraction of sp³-hybridized carbons (Fsp3) is 0.529. The summed E-state index contributed by atoms with van der Waals surface area (Å²) in [4.78, 5) is 0. The largest absolute Gasteiger partial charge is 0.512 e. The average Bonchev–Trinajstić information content (AvgIpc) is 2.37. The highest BCUT2D eigenvalue weighted by Gasteiger charge is 2.28. The van der Waals surface area contributed by atoms with Gasteiger partial charge in [-0.1, -0.05) is 52.0 Å². The molecule has 100 valence electrons. The molecular formula is C17H26O.